The van der Waals surface area contributed by atoms with Gasteiger partial charge in [0.05, 0.1) is 0 Å². The van der Waals surface area contributed by atoms with Crippen molar-refractivity contribution in [2.45, 2.75) is 32.6 Å². The second-order valence-corrected chi connectivity index (χ2v) is 7.66. The third-order valence-corrected chi connectivity index (χ3v) is 5.78. The fourth-order valence-corrected chi connectivity index (χ4v) is 4.18. The second kappa shape index (κ2) is 5.81. The van der Waals surface area contributed by atoms with E-state index in [0.29, 0.717) is 6.61 Å². The van der Waals surface area contributed by atoms with Crippen LogP contribution in [-0.2, 0) is 10.8 Å². The summed E-state index contributed by atoms with van der Waals surface area (Å²) in [4.78, 5) is 2.41. The molecule has 1 N–H and O–H groups in total. The Bertz CT molecular complexity index is 265. The molecule has 0 atom stereocenters. The van der Waals surface area contributed by atoms with Gasteiger partial charge in [0.1, 0.15) is 0 Å². The van der Waals surface area contributed by atoms with Crippen molar-refractivity contribution in [3.05, 3.63) is 0 Å². The van der Waals surface area contributed by atoms with E-state index in [1.807, 2.05) is 0 Å². The van der Waals surface area contributed by atoms with E-state index < -0.39 is 10.8 Å². The molecule has 1 saturated heterocycles. The Morgan fingerprint density at radius 1 is 1.29 bits per heavy atom. The van der Waals surface area contributed by atoms with Gasteiger partial charge in [-0.15, -0.1) is 0 Å². The van der Waals surface area contributed by atoms with Gasteiger partial charge in [-0.1, -0.05) is 19.8 Å². The standard InChI is InChI=1S/C13H25NO2S/c1-12-2-4-13(11-15,5-3-12)10-14-6-8-17(16)9-7-14/h12,15H,2-11H2,1H3. The van der Waals surface area contributed by atoms with Crippen LogP contribution < -0.4 is 0 Å². The number of rotatable bonds is 3. The van der Waals surface area contributed by atoms with Crippen LogP contribution in [0.4, 0.5) is 0 Å². The van der Waals surface area contributed by atoms with Crippen LogP contribution in [0.3, 0.4) is 0 Å². The van der Waals surface area contributed by atoms with Gasteiger partial charge in [-0.25, -0.2) is 0 Å². The van der Waals surface area contributed by atoms with Crippen LogP contribution in [0.25, 0.3) is 0 Å². The zero-order chi connectivity index (χ0) is 12.3. The van der Waals surface area contributed by atoms with Gasteiger partial charge in [0.25, 0.3) is 0 Å². The quantitative estimate of drug-likeness (QED) is 0.829. The second-order valence-electron chi connectivity index (χ2n) is 5.96. The van der Waals surface area contributed by atoms with Crippen molar-refractivity contribution in [1.82, 2.24) is 4.90 Å². The van der Waals surface area contributed by atoms with Crippen LogP contribution in [0.15, 0.2) is 0 Å². The minimum absolute atomic E-state index is 0.130. The molecule has 0 bridgehead atoms. The highest BCUT2D eigenvalue weighted by molar-refractivity contribution is 7.85. The van der Waals surface area contributed by atoms with E-state index in [9.17, 15) is 9.32 Å². The summed E-state index contributed by atoms with van der Waals surface area (Å²) < 4.78 is 11.3. The van der Waals surface area contributed by atoms with Crippen LogP contribution in [0.2, 0.25) is 0 Å². The highest BCUT2D eigenvalue weighted by Crippen LogP contribution is 2.39. The monoisotopic (exact) mass is 259 g/mol. The maximum atomic E-state index is 11.3. The zero-order valence-corrected chi connectivity index (χ0v) is 11.7. The van der Waals surface area contributed by atoms with Crippen molar-refractivity contribution >= 4 is 10.8 Å². The van der Waals surface area contributed by atoms with Gasteiger partial charge in [0.15, 0.2) is 0 Å². The van der Waals surface area contributed by atoms with Crippen molar-refractivity contribution in [1.29, 1.82) is 0 Å². The number of hydrogen-bond donors (Lipinski definition) is 1. The first-order valence-corrected chi connectivity index (χ1v) is 8.31. The molecule has 0 radical (unpaired) electrons. The molecular weight excluding hydrogens is 234 g/mol. The predicted octanol–water partition coefficient (Wildman–Crippen LogP) is 1.24. The van der Waals surface area contributed by atoms with Crippen molar-refractivity contribution in [3.8, 4) is 0 Å². The van der Waals surface area contributed by atoms with E-state index >= 15 is 0 Å². The molecule has 17 heavy (non-hydrogen) atoms. The van der Waals surface area contributed by atoms with E-state index in [1.165, 1.54) is 12.8 Å². The van der Waals surface area contributed by atoms with Gasteiger partial charge >= 0.3 is 0 Å². The minimum atomic E-state index is -0.593. The molecule has 0 amide bonds. The molecule has 0 unspecified atom stereocenters. The summed E-state index contributed by atoms with van der Waals surface area (Å²) in [5.41, 5.74) is 0.130. The Morgan fingerprint density at radius 2 is 1.88 bits per heavy atom. The number of nitrogens with zero attached hydrogens (tertiary/aromatic N) is 1. The summed E-state index contributed by atoms with van der Waals surface area (Å²) in [6, 6.07) is 0. The van der Waals surface area contributed by atoms with Gasteiger partial charge in [-0.2, -0.15) is 0 Å². The van der Waals surface area contributed by atoms with Gasteiger partial charge in [0.2, 0.25) is 0 Å². The molecule has 3 nitrogen and oxygen atoms in total. The van der Waals surface area contributed by atoms with E-state index in [1.54, 1.807) is 0 Å². The normalized spacial score (nSPS) is 37.2. The van der Waals surface area contributed by atoms with Gasteiger partial charge in [-0.05, 0) is 18.8 Å². The fraction of sp³-hybridized carbons (Fsp3) is 1.00. The van der Waals surface area contributed by atoms with Crippen molar-refractivity contribution < 1.29 is 9.32 Å². The maximum Gasteiger partial charge on any atom is 0.0499 e. The molecule has 1 heterocycles. The summed E-state index contributed by atoms with van der Waals surface area (Å²) in [5.74, 6) is 2.46. The van der Waals surface area contributed by atoms with E-state index in [0.717, 1.165) is 49.9 Å². The summed E-state index contributed by atoms with van der Waals surface area (Å²) in [6.45, 7) is 5.53. The Kier molecular flexibility index (Phi) is 4.61. The summed E-state index contributed by atoms with van der Waals surface area (Å²) >= 11 is 0. The zero-order valence-electron chi connectivity index (χ0n) is 10.9. The molecule has 1 aliphatic heterocycles. The molecule has 100 valence electrons. The lowest BCUT2D eigenvalue weighted by atomic mass is 9.71. The minimum Gasteiger partial charge on any atom is -0.396 e. The van der Waals surface area contributed by atoms with E-state index in [-0.39, 0.29) is 5.41 Å². The molecule has 1 saturated carbocycles. The number of aliphatic hydroxyl groups is 1. The SMILES string of the molecule is CC1CCC(CO)(CN2CCS(=O)CC2)CC1. The predicted molar refractivity (Wildman–Crippen MR) is 71.5 cm³/mol. The fourth-order valence-electron chi connectivity index (χ4n) is 3.05. The molecular formula is C13H25NO2S. The van der Waals surface area contributed by atoms with Crippen LogP contribution >= 0.6 is 0 Å². The highest BCUT2D eigenvalue weighted by Gasteiger charge is 2.35. The molecule has 0 spiro atoms. The van der Waals surface area contributed by atoms with E-state index in [2.05, 4.69) is 11.8 Å². The van der Waals surface area contributed by atoms with Gasteiger partial charge in [0, 0.05) is 54.0 Å². The topological polar surface area (TPSA) is 40.5 Å². The Labute approximate surface area is 107 Å². The molecule has 0 aromatic heterocycles. The van der Waals surface area contributed by atoms with Gasteiger partial charge < -0.3 is 10.0 Å². The summed E-state index contributed by atoms with van der Waals surface area (Å²) in [5, 5.41) is 9.72. The molecule has 2 fully saturated rings. The lowest BCUT2D eigenvalue weighted by molar-refractivity contribution is 0.0319. The summed E-state index contributed by atoms with van der Waals surface area (Å²) in [7, 11) is -0.593. The lowest BCUT2D eigenvalue weighted by Crippen LogP contribution is -2.47. The Morgan fingerprint density at radius 3 is 2.41 bits per heavy atom. The van der Waals surface area contributed by atoms with Crippen LogP contribution in [0.1, 0.15) is 32.6 Å². The average molecular weight is 259 g/mol. The first-order chi connectivity index (χ1) is 8.13. The van der Waals surface area contributed by atoms with Crippen molar-refractivity contribution in [2.75, 3.05) is 37.7 Å². The summed E-state index contributed by atoms with van der Waals surface area (Å²) in [6.07, 6.45) is 4.81. The smallest absolute Gasteiger partial charge is 0.0499 e. The Balaban J connectivity index is 1.88. The lowest BCUT2D eigenvalue weighted by Gasteiger charge is -2.42. The van der Waals surface area contributed by atoms with Gasteiger partial charge in [-0.3, -0.25) is 4.21 Å². The van der Waals surface area contributed by atoms with Crippen molar-refractivity contribution in [3.63, 3.8) is 0 Å². The first kappa shape index (κ1) is 13.5. The van der Waals surface area contributed by atoms with Crippen LogP contribution in [-0.4, -0.2) is 52.0 Å². The molecule has 2 aliphatic rings. The molecule has 0 aromatic carbocycles. The number of aliphatic hydroxyl groups excluding tert-OH is 1. The molecule has 0 aromatic rings. The third kappa shape index (κ3) is 3.52. The number of hydrogen-bond acceptors (Lipinski definition) is 3. The molecule has 4 heteroatoms. The van der Waals surface area contributed by atoms with E-state index in [4.69, 9.17) is 0 Å². The highest BCUT2D eigenvalue weighted by atomic mass is 32.2. The first-order valence-electron chi connectivity index (χ1n) is 6.82. The molecule has 1 aliphatic carbocycles. The average Bonchev–Trinajstić information content (AvgIpc) is 2.35. The third-order valence-electron chi connectivity index (χ3n) is 4.50. The Hall–Kier alpha value is 0.0700. The largest absolute Gasteiger partial charge is 0.396 e. The molecule has 2 rings (SSSR count). The maximum absolute atomic E-state index is 11.3. The van der Waals surface area contributed by atoms with Crippen LogP contribution in [0.5, 0.6) is 0 Å². The van der Waals surface area contributed by atoms with Crippen molar-refractivity contribution in [2.24, 2.45) is 11.3 Å². The van der Waals surface area contributed by atoms with Crippen LogP contribution in [0, 0.1) is 11.3 Å².